The molecular weight excluding hydrogens is 540 g/mol. The van der Waals surface area contributed by atoms with Crippen LogP contribution in [0.1, 0.15) is 52.8 Å². The topological polar surface area (TPSA) is 51.6 Å². The van der Waals surface area contributed by atoms with Gasteiger partial charge in [-0.15, -0.1) is 0 Å². The first-order valence-electron chi connectivity index (χ1n) is 13.5. The first kappa shape index (κ1) is 28.1. The van der Waals surface area contributed by atoms with Crippen molar-refractivity contribution in [1.29, 1.82) is 0 Å². The lowest BCUT2D eigenvalue weighted by Gasteiger charge is -2.28. The molecule has 3 heterocycles. The first-order chi connectivity index (χ1) is 19.3. The number of nitrogens with zero attached hydrogens (tertiary/aromatic N) is 3. The second-order valence-corrected chi connectivity index (χ2v) is 10.8. The van der Waals surface area contributed by atoms with Crippen LogP contribution in [0, 0.1) is 20.8 Å². The van der Waals surface area contributed by atoms with Crippen LogP contribution >= 0.6 is 23.8 Å². The molecular formula is C32H35ClN4O2S. The fourth-order valence-electron chi connectivity index (χ4n) is 5.70. The van der Waals surface area contributed by atoms with Crippen molar-refractivity contribution in [2.24, 2.45) is 0 Å². The van der Waals surface area contributed by atoms with E-state index >= 15 is 0 Å². The lowest BCUT2D eigenvalue weighted by atomic mass is 9.96. The molecule has 0 unspecified atom stereocenters. The third-order valence-electron chi connectivity index (χ3n) is 7.55. The van der Waals surface area contributed by atoms with Crippen LogP contribution in [-0.2, 0) is 11.2 Å². The standard InChI is InChI=1S/C32H35ClN4O2S/c1-6-23-11-9-10-20(2)30(23)36-21(3)18-25(22(36)4)31-29(27-12-7-8-15-34-27)35-32(40)37(31)24-13-14-28(26(33)19-24)39-17-16-38-5/h7-15,18-19,29,31H,6,16-17H2,1-5H3,(H,35,40)/t29-,31+/m0/s1. The maximum Gasteiger partial charge on any atom is 0.174 e. The van der Waals surface area contributed by atoms with Crippen LogP contribution in [0.2, 0.25) is 5.02 Å². The molecule has 208 valence electrons. The average Bonchev–Trinajstić information content (AvgIpc) is 3.44. The van der Waals surface area contributed by atoms with Crippen molar-refractivity contribution in [2.45, 2.75) is 46.2 Å². The molecule has 2 aromatic heterocycles. The molecule has 0 saturated carbocycles. The quantitative estimate of drug-likeness (QED) is 0.168. The van der Waals surface area contributed by atoms with Crippen LogP contribution in [0.3, 0.4) is 0 Å². The van der Waals surface area contributed by atoms with Gasteiger partial charge in [-0.25, -0.2) is 0 Å². The van der Waals surface area contributed by atoms with Crippen LogP contribution in [0.25, 0.3) is 5.69 Å². The number of rotatable bonds is 9. The summed E-state index contributed by atoms with van der Waals surface area (Å²) in [6.45, 7) is 9.67. The summed E-state index contributed by atoms with van der Waals surface area (Å²) < 4.78 is 13.3. The van der Waals surface area contributed by atoms with Gasteiger partial charge in [-0.05, 0) is 92.5 Å². The number of nitrogens with one attached hydrogen (secondary N) is 1. The summed E-state index contributed by atoms with van der Waals surface area (Å²) in [6, 6.07) is 20.3. The van der Waals surface area contributed by atoms with Gasteiger partial charge in [-0.1, -0.05) is 42.8 Å². The van der Waals surface area contributed by atoms with E-state index in [1.54, 1.807) is 7.11 Å². The minimum absolute atomic E-state index is 0.146. The SMILES string of the molecule is CCc1cccc(C)c1-n1c(C)cc([C@@H]2[C@H](c3ccccn3)NC(=S)N2c2ccc(OCCOC)c(Cl)c2)c1C. The number of hydrogen-bond acceptors (Lipinski definition) is 4. The average molecular weight is 575 g/mol. The van der Waals surface area contributed by atoms with Crippen molar-refractivity contribution >= 4 is 34.6 Å². The van der Waals surface area contributed by atoms with E-state index in [-0.39, 0.29) is 12.1 Å². The summed E-state index contributed by atoms with van der Waals surface area (Å²) in [6.07, 6.45) is 2.78. The molecule has 0 aliphatic carbocycles. The first-order valence-corrected chi connectivity index (χ1v) is 14.3. The lowest BCUT2D eigenvalue weighted by Crippen LogP contribution is -2.29. The van der Waals surface area contributed by atoms with Crippen molar-refractivity contribution in [3.05, 3.63) is 106 Å². The van der Waals surface area contributed by atoms with Gasteiger partial charge < -0.3 is 24.3 Å². The maximum absolute atomic E-state index is 6.70. The molecule has 1 N–H and O–H groups in total. The largest absolute Gasteiger partial charge is 0.490 e. The Kier molecular flexibility index (Phi) is 8.45. The Balaban J connectivity index is 1.64. The Morgan fingerprint density at radius 2 is 1.85 bits per heavy atom. The van der Waals surface area contributed by atoms with Gasteiger partial charge in [0.2, 0.25) is 0 Å². The summed E-state index contributed by atoms with van der Waals surface area (Å²) >= 11 is 12.7. The molecule has 40 heavy (non-hydrogen) atoms. The van der Waals surface area contributed by atoms with Crippen LogP contribution < -0.4 is 15.0 Å². The second kappa shape index (κ2) is 12.0. The number of methoxy groups -OCH3 is 1. The third kappa shape index (κ3) is 5.21. The predicted octanol–water partition coefficient (Wildman–Crippen LogP) is 7.22. The Labute approximate surface area is 246 Å². The van der Waals surface area contributed by atoms with Gasteiger partial charge in [-0.3, -0.25) is 4.98 Å². The summed E-state index contributed by atoms with van der Waals surface area (Å²) in [4.78, 5) is 6.87. The van der Waals surface area contributed by atoms with Gasteiger partial charge in [0.05, 0.1) is 35.1 Å². The summed E-state index contributed by atoms with van der Waals surface area (Å²) in [5.41, 5.74) is 9.18. The Bertz CT molecular complexity index is 1520. The molecule has 0 bridgehead atoms. The Morgan fingerprint density at radius 1 is 1.02 bits per heavy atom. The maximum atomic E-state index is 6.70. The number of benzene rings is 2. The highest BCUT2D eigenvalue weighted by atomic mass is 35.5. The highest BCUT2D eigenvalue weighted by molar-refractivity contribution is 7.80. The van der Waals surface area contributed by atoms with Gasteiger partial charge >= 0.3 is 0 Å². The molecule has 1 aliphatic rings. The fourth-order valence-corrected chi connectivity index (χ4v) is 6.27. The monoisotopic (exact) mass is 574 g/mol. The molecule has 2 atom stereocenters. The zero-order valence-electron chi connectivity index (χ0n) is 23.6. The van der Waals surface area contributed by atoms with E-state index in [1.807, 2.05) is 42.6 Å². The van der Waals surface area contributed by atoms with Crippen LogP contribution in [0.5, 0.6) is 5.75 Å². The second-order valence-electron chi connectivity index (χ2n) is 10.1. The van der Waals surface area contributed by atoms with E-state index in [2.05, 4.69) is 66.7 Å². The van der Waals surface area contributed by atoms with E-state index in [0.717, 1.165) is 17.8 Å². The van der Waals surface area contributed by atoms with Crippen LogP contribution in [-0.4, -0.2) is 35.0 Å². The number of pyridine rings is 1. The van der Waals surface area contributed by atoms with Crippen molar-refractivity contribution in [2.75, 3.05) is 25.2 Å². The summed E-state index contributed by atoms with van der Waals surface area (Å²) in [5.74, 6) is 0.614. The number of aromatic nitrogens is 2. The van der Waals surface area contributed by atoms with Crippen molar-refractivity contribution in [1.82, 2.24) is 14.9 Å². The summed E-state index contributed by atoms with van der Waals surface area (Å²) in [7, 11) is 1.65. The molecule has 5 rings (SSSR count). The number of aryl methyl sites for hydroxylation is 3. The molecule has 1 fully saturated rings. The molecule has 8 heteroatoms. The summed E-state index contributed by atoms with van der Waals surface area (Å²) in [5, 5.41) is 4.72. The zero-order chi connectivity index (χ0) is 28.4. The minimum Gasteiger partial charge on any atom is -0.490 e. The van der Waals surface area contributed by atoms with E-state index < -0.39 is 0 Å². The van der Waals surface area contributed by atoms with E-state index in [1.165, 1.54) is 33.8 Å². The number of halogens is 1. The Morgan fingerprint density at radius 3 is 2.55 bits per heavy atom. The van der Waals surface area contributed by atoms with Crippen LogP contribution in [0.4, 0.5) is 5.69 Å². The van der Waals surface area contributed by atoms with E-state index in [0.29, 0.717) is 29.1 Å². The van der Waals surface area contributed by atoms with Gasteiger partial charge in [0, 0.05) is 30.4 Å². The molecule has 4 aromatic rings. The molecule has 2 aromatic carbocycles. The number of para-hydroxylation sites is 1. The molecule has 0 spiro atoms. The number of thiocarbonyl (C=S) groups is 1. The molecule has 0 amide bonds. The third-order valence-corrected chi connectivity index (χ3v) is 8.16. The van der Waals surface area contributed by atoms with Crippen molar-refractivity contribution < 1.29 is 9.47 Å². The van der Waals surface area contributed by atoms with E-state index in [9.17, 15) is 0 Å². The van der Waals surface area contributed by atoms with Crippen molar-refractivity contribution in [3.8, 4) is 11.4 Å². The van der Waals surface area contributed by atoms with Gasteiger partial charge in [0.25, 0.3) is 0 Å². The molecule has 0 radical (unpaired) electrons. The highest BCUT2D eigenvalue weighted by Gasteiger charge is 2.42. The van der Waals surface area contributed by atoms with E-state index in [4.69, 9.17) is 38.3 Å². The molecule has 6 nitrogen and oxygen atoms in total. The minimum atomic E-state index is -0.151. The normalized spacial score (nSPS) is 16.9. The lowest BCUT2D eigenvalue weighted by molar-refractivity contribution is 0.146. The molecule has 1 saturated heterocycles. The zero-order valence-corrected chi connectivity index (χ0v) is 25.1. The van der Waals surface area contributed by atoms with Gasteiger partial charge in [0.15, 0.2) is 5.11 Å². The smallest absolute Gasteiger partial charge is 0.174 e. The van der Waals surface area contributed by atoms with Crippen LogP contribution in [0.15, 0.2) is 66.9 Å². The number of anilines is 1. The fraction of sp³-hybridized carbons (Fsp3) is 0.312. The van der Waals surface area contributed by atoms with Gasteiger partial charge in [-0.2, -0.15) is 0 Å². The van der Waals surface area contributed by atoms with Gasteiger partial charge in [0.1, 0.15) is 12.4 Å². The Hall–Kier alpha value is -3.39. The predicted molar refractivity (Wildman–Crippen MR) is 166 cm³/mol. The number of ether oxygens (including phenoxy) is 2. The van der Waals surface area contributed by atoms with Crippen molar-refractivity contribution in [3.63, 3.8) is 0 Å². The number of hydrogen-bond donors (Lipinski definition) is 1. The highest BCUT2D eigenvalue weighted by Crippen LogP contribution is 2.45. The molecule has 1 aliphatic heterocycles.